The standard InChI is InChI=1S/C42H29BO2Si/c1-4-14-32(15-5-1)46(33-16-6-2-7-17-33,34-18-8-3-9-19-34)35-26-24-30(25-27-35)31-28-37-36-20-10-12-22-39(36)45-43-38-21-11-13-23-40(38)44-41(29-31)42(37)43/h1-29H. The molecule has 7 aromatic rings. The zero-order valence-electron chi connectivity index (χ0n) is 25.1. The van der Waals surface area contributed by atoms with Crippen molar-refractivity contribution >= 4 is 46.7 Å². The van der Waals surface area contributed by atoms with Gasteiger partial charge in [0, 0.05) is 16.5 Å². The molecular weight excluding hydrogens is 575 g/mol. The minimum absolute atomic E-state index is 0.199. The largest absolute Gasteiger partial charge is 0.551 e. The van der Waals surface area contributed by atoms with Gasteiger partial charge >= 0.3 is 6.92 Å². The van der Waals surface area contributed by atoms with Gasteiger partial charge < -0.3 is 9.39 Å². The first-order valence-corrected chi connectivity index (χ1v) is 17.8. The van der Waals surface area contributed by atoms with Crippen molar-refractivity contribution in [1.82, 2.24) is 0 Å². The summed E-state index contributed by atoms with van der Waals surface area (Å²) in [6.45, 7) is -0.199. The highest BCUT2D eigenvalue weighted by molar-refractivity contribution is 7.19. The van der Waals surface area contributed by atoms with Crippen LogP contribution in [0.1, 0.15) is 0 Å². The van der Waals surface area contributed by atoms with E-state index in [-0.39, 0.29) is 6.92 Å². The molecule has 7 aromatic carbocycles. The van der Waals surface area contributed by atoms with Crippen molar-refractivity contribution in [3.63, 3.8) is 0 Å². The average Bonchev–Trinajstić information content (AvgIpc) is 3.13. The van der Waals surface area contributed by atoms with Gasteiger partial charge in [-0.1, -0.05) is 152 Å². The van der Waals surface area contributed by atoms with Gasteiger partial charge in [0.05, 0.1) is 0 Å². The summed E-state index contributed by atoms with van der Waals surface area (Å²) in [4.78, 5) is 0. The topological polar surface area (TPSA) is 18.5 Å². The molecule has 0 saturated heterocycles. The Morgan fingerprint density at radius 1 is 0.391 bits per heavy atom. The molecule has 2 heterocycles. The minimum Gasteiger partial charge on any atom is -0.551 e. The predicted octanol–water partition coefficient (Wildman–Crippen LogP) is 6.00. The average molecular weight is 605 g/mol. The van der Waals surface area contributed by atoms with Gasteiger partial charge in [-0.15, -0.1) is 0 Å². The molecule has 4 heteroatoms. The first-order chi connectivity index (χ1) is 22.8. The molecule has 0 bridgehead atoms. The van der Waals surface area contributed by atoms with Crippen molar-refractivity contribution in [3.05, 3.63) is 176 Å². The first-order valence-electron chi connectivity index (χ1n) is 15.8. The lowest BCUT2D eigenvalue weighted by molar-refractivity contribution is 0.479. The smallest absolute Gasteiger partial charge is 0.434 e. The third kappa shape index (κ3) is 4.11. The molecule has 0 atom stereocenters. The van der Waals surface area contributed by atoms with Gasteiger partial charge in [-0.05, 0) is 61.7 Å². The van der Waals surface area contributed by atoms with Gasteiger partial charge in [-0.25, -0.2) is 0 Å². The molecule has 0 radical (unpaired) electrons. The van der Waals surface area contributed by atoms with Crippen LogP contribution < -0.4 is 41.1 Å². The maximum absolute atomic E-state index is 6.62. The third-order valence-electron chi connectivity index (χ3n) is 9.52. The lowest BCUT2D eigenvalue weighted by atomic mass is 9.50. The Kier molecular flexibility index (Phi) is 6.29. The molecule has 9 rings (SSSR count). The van der Waals surface area contributed by atoms with E-state index in [0.717, 1.165) is 44.9 Å². The van der Waals surface area contributed by atoms with Crippen LogP contribution in [-0.4, -0.2) is 15.0 Å². The van der Waals surface area contributed by atoms with E-state index in [1.54, 1.807) is 0 Å². The highest BCUT2D eigenvalue weighted by Gasteiger charge is 2.42. The van der Waals surface area contributed by atoms with Crippen LogP contribution in [-0.2, 0) is 0 Å². The monoisotopic (exact) mass is 604 g/mol. The van der Waals surface area contributed by atoms with Gasteiger partial charge in [0.2, 0.25) is 0 Å². The lowest BCUT2D eigenvalue weighted by Gasteiger charge is -2.34. The van der Waals surface area contributed by atoms with Gasteiger partial charge in [0.15, 0.2) is 8.07 Å². The van der Waals surface area contributed by atoms with Gasteiger partial charge in [-0.3, -0.25) is 0 Å². The van der Waals surface area contributed by atoms with Crippen molar-refractivity contribution in [1.29, 1.82) is 0 Å². The zero-order chi connectivity index (χ0) is 30.5. The van der Waals surface area contributed by atoms with E-state index in [1.807, 2.05) is 18.2 Å². The van der Waals surface area contributed by atoms with Gasteiger partial charge in [-0.2, -0.15) is 0 Å². The summed E-state index contributed by atoms with van der Waals surface area (Å²) in [6, 6.07) is 63.5. The number of ether oxygens (including phenoxy) is 1. The SMILES string of the molecule is c1ccc([Si](c2ccccc2)(c2ccccc2)c2ccc(-c3cc4c5c(c3)-c3ccccc3OB5c3ccccc3O4)cc2)cc1. The number of hydrogen-bond acceptors (Lipinski definition) is 2. The summed E-state index contributed by atoms with van der Waals surface area (Å²) in [7, 11) is -2.59. The molecule has 0 N–H and O–H groups in total. The van der Waals surface area contributed by atoms with Crippen LogP contribution in [0.2, 0.25) is 0 Å². The van der Waals surface area contributed by atoms with E-state index in [2.05, 4.69) is 158 Å². The van der Waals surface area contributed by atoms with Crippen molar-refractivity contribution in [2.24, 2.45) is 0 Å². The van der Waals surface area contributed by atoms with Crippen LogP contribution >= 0.6 is 0 Å². The molecule has 2 aliphatic heterocycles. The molecule has 0 aromatic heterocycles. The van der Waals surface area contributed by atoms with Crippen LogP contribution in [0.4, 0.5) is 0 Å². The Morgan fingerprint density at radius 2 is 0.913 bits per heavy atom. The molecule has 46 heavy (non-hydrogen) atoms. The van der Waals surface area contributed by atoms with Gasteiger partial charge in [0.25, 0.3) is 0 Å². The normalized spacial score (nSPS) is 12.7. The van der Waals surface area contributed by atoms with Gasteiger partial charge in [0.1, 0.15) is 17.2 Å². The summed E-state index contributed by atoms with van der Waals surface area (Å²) < 4.78 is 13.2. The second-order valence-corrected chi connectivity index (χ2v) is 15.8. The summed E-state index contributed by atoms with van der Waals surface area (Å²) in [6.07, 6.45) is 0. The number of para-hydroxylation sites is 2. The van der Waals surface area contributed by atoms with Crippen molar-refractivity contribution in [2.45, 2.75) is 0 Å². The number of rotatable bonds is 5. The van der Waals surface area contributed by atoms with Crippen LogP contribution in [0, 0.1) is 0 Å². The Morgan fingerprint density at radius 3 is 1.54 bits per heavy atom. The molecule has 216 valence electrons. The van der Waals surface area contributed by atoms with E-state index in [0.29, 0.717) is 0 Å². The second-order valence-electron chi connectivity index (χ2n) is 12.0. The summed E-state index contributed by atoms with van der Waals surface area (Å²) >= 11 is 0. The van der Waals surface area contributed by atoms with E-state index >= 15 is 0 Å². The number of fused-ring (bicyclic) bond motifs is 4. The molecule has 0 aliphatic carbocycles. The molecule has 0 spiro atoms. The molecule has 0 saturated carbocycles. The van der Waals surface area contributed by atoms with E-state index in [4.69, 9.17) is 9.39 Å². The summed E-state index contributed by atoms with van der Waals surface area (Å²) in [5.41, 5.74) is 6.71. The van der Waals surface area contributed by atoms with Crippen LogP contribution in [0.5, 0.6) is 17.2 Å². The highest BCUT2D eigenvalue weighted by Crippen LogP contribution is 2.41. The minimum atomic E-state index is -2.59. The Labute approximate surface area is 270 Å². The second kappa shape index (κ2) is 10.8. The molecule has 2 nitrogen and oxygen atoms in total. The van der Waals surface area contributed by atoms with Crippen molar-refractivity contribution in [2.75, 3.05) is 0 Å². The highest BCUT2D eigenvalue weighted by atomic mass is 28.3. The zero-order valence-corrected chi connectivity index (χ0v) is 26.1. The Bertz CT molecular complexity index is 2100. The van der Waals surface area contributed by atoms with E-state index in [9.17, 15) is 0 Å². The van der Waals surface area contributed by atoms with E-state index < -0.39 is 8.07 Å². The van der Waals surface area contributed by atoms with Crippen molar-refractivity contribution < 1.29 is 9.39 Å². The quantitative estimate of drug-likeness (QED) is 0.177. The lowest BCUT2D eigenvalue weighted by Crippen LogP contribution is -2.74. The van der Waals surface area contributed by atoms with Crippen LogP contribution in [0.3, 0.4) is 0 Å². The number of hydrogen-bond donors (Lipinski definition) is 0. The molecule has 0 unspecified atom stereocenters. The molecular formula is C42H29BO2Si. The van der Waals surface area contributed by atoms with Crippen LogP contribution in [0.15, 0.2) is 176 Å². The maximum Gasteiger partial charge on any atom is 0.434 e. The van der Waals surface area contributed by atoms with E-state index in [1.165, 1.54) is 26.3 Å². The summed E-state index contributed by atoms with van der Waals surface area (Å²) in [5, 5.41) is 5.46. The fourth-order valence-electron chi connectivity index (χ4n) is 7.45. The molecule has 0 amide bonds. The fraction of sp³-hybridized carbons (Fsp3) is 0. The maximum atomic E-state index is 6.62. The predicted molar refractivity (Wildman–Crippen MR) is 193 cm³/mol. The van der Waals surface area contributed by atoms with Crippen LogP contribution in [0.25, 0.3) is 22.3 Å². The Balaban J connectivity index is 1.22. The first kappa shape index (κ1) is 26.8. The third-order valence-corrected chi connectivity index (χ3v) is 14.3. The summed E-state index contributed by atoms with van der Waals surface area (Å²) in [5.74, 6) is 2.61. The Hall–Kier alpha value is -5.58. The number of benzene rings is 7. The molecule has 0 fully saturated rings. The fourth-order valence-corrected chi connectivity index (χ4v) is 12.2. The molecule has 2 aliphatic rings. The van der Waals surface area contributed by atoms with Crippen molar-refractivity contribution in [3.8, 4) is 39.5 Å².